The van der Waals surface area contributed by atoms with Gasteiger partial charge in [0.05, 0.1) is 18.1 Å². The molecule has 1 atom stereocenters. The number of nitrogens with zero attached hydrogens (tertiary/aromatic N) is 1. The fourth-order valence-corrected chi connectivity index (χ4v) is 4.33. The molecule has 1 aromatic carbocycles. The highest BCUT2D eigenvalue weighted by molar-refractivity contribution is 5.87. The van der Waals surface area contributed by atoms with Crippen molar-refractivity contribution in [3.8, 4) is 11.5 Å². The van der Waals surface area contributed by atoms with Gasteiger partial charge in [-0.3, -0.25) is 9.59 Å². The number of amides is 1. The molecule has 1 amide bonds. The molecule has 7 heteroatoms. The second kappa shape index (κ2) is 7.99. The van der Waals surface area contributed by atoms with Gasteiger partial charge in [-0.1, -0.05) is 18.9 Å². The summed E-state index contributed by atoms with van der Waals surface area (Å²) in [6.07, 6.45) is 3.35. The molecular formula is C21H27NO6. The number of benzene rings is 1. The van der Waals surface area contributed by atoms with Crippen LogP contribution in [0.3, 0.4) is 0 Å². The van der Waals surface area contributed by atoms with E-state index in [9.17, 15) is 9.59 Å². The van der Waals surface area contributed by atoms with E-state index >= 15 is 0 Å². The van der Waals surface area contributed by atoms with E-state index in [-0.39, 0.29) is 24.6 Å². The van der Waals surface area contributed by atoms with Crippen LogP contribution in [0.15, 0.2) is 18.2 Å². The second-order valence-electron chi connectivity index (χ2n) is 7.74. The lowest BCUT2D eigenvalue weighted by molar-refractivity contribution is -0.159. The number of carbonyl (C=O) groups excluding carboxylic acids is 2. The molecule has 1 aliphatic carbocycles. The van der Waals surface area contributed by atoms with Gasteiger partial charge in [-0.05, 0) is 37.5 Å². The highest BCUT2D eigenvalue weighted by Crippen LogP contribution is 2.45. The summed E-state index contributed by atoms with van der Waals surface area (Å²) in [4.78, 5) is 27.3. The molecule has 0 bridgehead atoms. The number of ether oxygens (including phenoxy) is 4. The summed E-state index contributed by atoms with van der Waals surface area (Å²) in [6.45, 7) is 4.32. The standard InChI is InChI=1S/C21H27NO6/c1-15-13-22(8-9-25-15)19(23)14-28-20(24)21(6-2-3-7-21)16-4-5-17-18(12-16)27-11-10-26-17/h4-5,12,15H,2-3,6-11,13-14H2,1H3. The van der Waals surface area contributed by atoms with Gasteiger partial charge >= 0.3 is 5.97 Å². The first kappa shape index (κ1) is 19.1. The van der Waals surface area contributed by atoms with Crippen LogP contribution >= 0.6 is 0 Å². The van der Waals surface area contributed by atoms with Crippen molar-refractivity contribution in [2.24, 2.45) is 0 Å². The van der Waals surface area contributed by atoms with Crippen LogP contribution in [-0.4, -0.2) is 62.4 Å². The van der Waals surface area contributed by atoms with Crippen molar-refractivity contribution in [2.45, 2.75) is 44.1 Å². The van der Waals surface area contributed by atoms with Crippen molar-refractivity contribution in [1.29, 1.82) is 0 Å². The van der Waals surface area contributed by atoms with E-state index in [1.165, 1.54) is 0 Å². The number of morpholine rings is 1. The van der Waals surface area contributed by atoms with Gasteiger partial charge in [0.2, 0.25) is 0 Å². The van der Waals surface area contributed by atoms with Gasteiger partial charge in [0.15, 0.2) is 18.1 Å². The molecule has 2 aliphatic heterocycles. The first-order valence-corrected chi connectivity index (χ1v) is 10.1. The molecule has 3 aliphatic rings. The molecule has 152 valence electrons. The van der Waals surface area contributed by atoms with Crippen LogP contribution in [0.4, 0.5) is 0 Å². The van der Waals surface area contributed by atoms with Crippen molar-refractivity contribution < 1.29 is 28.5 Å². The van der Waals surface area contributed by atoms with Crippen molar-refractivity contribution in [1.82, 2.24) is 4.90 Å². The Hall–Kier alpha value is -2.28. The Morgan fingerprint density at radius 3 is 2.64 bits per heavy atom. The maximum atomic E-state index is 13.1. The molecule has 1 unspecified atom stereocenters. The van der Waals surface area contributed by atoms with Crippen molar-refractivity contribution in [3.05, 3.63) is 23.8 Å². The zero-order chi connectivity index (χ0) is 19.6. The zero-order valence-electron chi connectivity index (χ0n) is 16.3. The predicted octanol–water partition coefficient (Wildman–Crippen LogP) is 2.06. The number of hydrogen-bond acceptors (Lipinski definition) is 6. The Kier molecular flexibility index (Phi) is 5.44. The summed E-state index contributed by atoms with van der Waals surface area (Å²) < 4.78 is 22.3. The molecule has 0 N–H and O–H groups in total. The average Bonchev–Trinajstić information content (AvgIpc) is 3.22. The molecule has 1 saturated carbocycles. The van der Waals surface area contributed by atoms with Gasteiger partial charge in [-0.25, -0.2) is 0 Å². The lowest BCUT2D eigenvalue weighted by Crippen LogP contribution is -2.46. The topological polar surface area (TPSA) is 74.3 Å². The van der Waals surface area contributed by atoms with E-state index in [4.69, 9.17) is 18.9 Å². The number of fused-ring (bicyclic) bond motifs is 1. The Balaban J connectivity index is 1.46. The molecular weight excluding hydrogens is 362 g/mol. The van der Waals surface area contributed by atoms with Crippen LogP contribution in [-0.2, 0) is 24.5 Å². The molecule has 2 heterocycles. The van der Waals surface area contributed by atoms with Crippen LogP contribution in [0.5, 0.6) is 11.5 Å². The van der Waals surface area contributed by atoms with E-state index in [0.29, 0.717) is 57.3 Å². The minimum Gasteiger partial charge on any atom is -0.486 e. The molecule has 0 radical (unpaired) electrons. The van der Waals surface area contributed by atoms with Gasteiger partial charge < -0.3 is 23.8 Å². The summed E-state index contributed by atoms with van der Waals surface area (Å²) >= 11 is 0. The first-order valence-electron chi connectivity index (χ1n) is 10.1. The monoisotopic (exact) mass is 389 g/mol. The highest BCUT2D eigenvalue weighted by Gasteiger charge is 2.45. The van der Waals surface area contributed by atoms with Gasteiger partial charge in [-0.15, -0.1) is 0 Å². The van der Waals surface area contributed by atoms with Crippen LogP contribution in [0.1, 0.15) is 38.2 Å². The van der Waals surface area contributed by atoms with Gasteiger partial charge in [0.1, 0.15) is 13.2 Å². The number of esters is 1. The SMILES string of the molecule is CC1CN(C(=O)COC(=O)C2(c3ccc4c(c3)OCCO4)CCCC2)CCO1. The van der Waals surface area contributed by atoms with E-state index in [2.05, 4.69) is 0 Å². The van der Waals surface area contributed by atoms with E-state index in [1.807, 2.05) is 25.1 Å². The van der Waals surface area contributed by atoms with Crippen LogP contribution < -0.4 is 9.47 Å². The molecule has 0 spiro atoms. The van der Waals surface area contributed by atoms with Crippen LogP contribution in [0.2, 0.25) is 0 Å². The molecule has 4 rings (SSSR count). The molecule has 1 aromatic rings. The Morgan fingerprint density at radius 1 is 1.14 bits per heavy atom. The number of rotatable bonds is 4. The molecule has 28 heavy (non-hydrogen) atoms. The van der Waals surface area contributed by atoms with Crippen LogP contribution in [0.25, 0.3) is 0 Å². The van der Waals surface area contributed by atoms with Gasteiger partial charge in [-0.2, -0.15) is 0 Å². The zero-order valence-corrected chi connectivity index (χ0v) is 16.3. The third kappa shape index (κ3) is 3.68. The van der Waals surface area contributed by atoms with Crippen molar-refractivity contribution in [2.75, 3.05) is 39.5 Å². The summed E-state index contributed by atoms with van der Waals surface area (Å²) in [6, 6.07) is 5.68. The summed E-state index contributed by atoms with van der Waals surface area (Å²) in [5, 5.41) is 0. The number of carbonyl (C=O) groups is 2. The fourth-order valence-electron chi connectivity index (χ4n) is 4.33. The number of hydrogen-bond donors (Lipinski definition) is 0. The van der Waals surface area contributed by atoms with Crippen molar-refractivity contribution in [3.63, 3.8) is 0 Å². The fraction of sp³-hybridized carbons (Fsp3) is 0.619. The first-order chi connectivity index (χ1) is 13.6. The quantitative estimate of drug-likeness (QED) is 0.734. The minimum atomic E-state index is -0.714. The predicted molar refractivity (Wildman–Crippen MR) is 101 cm³/mol. The summed E-state index contributed by atoms with van der Waals surface area (Å²) in [5.41, 5.74) is 0.167. The van der Waals surface area contributed by atoms with E-state index < -0.39 is 5.41 Å². The maximum absolute atomic E-state index is 13.1. The summed E-state index contributed by atoms with van der Waals surface area (Å²) in [5.74, 6) is 0.879. The van der Waals surface area contributed by atoms with Gasteiger partial charge in [0.25, 0.3) is 5.91 Å². The van der Waals surface area contributed by atoms with Crippen molar-refractivity contribution >= 4 is 11.9 Å². The Bertz CT molecular complexity index is 742. The molecule has 2 fully saturated rings. The maximum Gasteiger partial charge on any atom is 0.317 e. The lowest BCUT2D eigenvalue weighted by atomic mass is 9.78. The average molecular weight is 389 g/mol. The highest BCUT2D eigenvalue weighted by atomic mass is 16.6. The third-order valence-electron chi connectivity index (χ3n) is 5.86. The Labute approximate surface area is 164 Å². The molecule has 7 nitrogen and oxygen atoms in total. The smallest absolute Gasteiger partial charge is 0.317 e. The van der Waals surface area contributed by atoms with E-state index in [0.717, 1.165) is 18.4 Å². The van der Waals surface area contributed by atoms with E-state index in [1.54, 1.807) is 4.90 Å². The lowest BCUT2D eigenvalue weighted by Gasteiger charge is -2.32. The Morgan fingerprint density at radius 2 is 1.89 bits per heavy atom. The van der Waals surface area contributed by atoms with Gasteiger partial charge in [0, 0.05) is 13.1 Å². The third-order valence-corrected chi connectivity index (χ3v) is 5.86. The molecule has 1 saturated heterocycles. The second-order valence-corrected chi connectivity index (χ2v) is 7.74. The largest absolute Gasteiger partial charge is 0.486 e. The minimum absolute atomic E-state index is 0.00675. The van der Waals surface area contributed by atoms with Crippen LogP contribution in [0, 0.1) is 0 Å². The normalized spacial score (nSPS) is 23.3. The molecule has 0 aromatic heterocycles. The summed E-state index contributed by atoms with van der Waals surface area (Å²) in [7, 11) is 0.